The van der Waals surface area contributed by atoms with Gasteiger partial charge in [-0.05, 0) is 88.3 Å². The molecule has 3 aromatic rings. The molecule has 0 spiro atoms. The Balaban J connectivity index is 1.50. The van der Waals surface area contributed by atoms with Crippen molar-refractivity contribution >= 4 is 68.4 Å². The fourth-order valence-corrected chi connectivity index (χ4v) is 9.20. The number of anilines is 1. The highest BCUT2D eigenvalue weighted by Gasteiger charge is 2.70. The maximum atomic E-state index is 15.3. The number of nitrogens with zero attached hydrogens (tertiary/aromatic N) is 2. The van der Waals surface area contributed by atoms with E-state index in [4.69, 9.17) is 32.7 Å². The van der Waals surface area contributed by atoms with Crippen LogP contribution in [0.1, 0.15) is 29.9 Å². The van der Waals surface area contributed by atoms with Gasteiger partial charge < -0.3 is 14.6 Å². The quantitative estimate of drug-likeness (QED) is 0.229. The minimum Gasteiger partial charge on any atom is -0.503 e. The highest BCUT2D eigenvalue weighted by Crippen LogP contribution is 2.64. The van der Waals surface area contributed by atoms with E-state index in [1.165, 1.54) is 32.2 Å². The van der Waals surface area contributed by atoms with Crippen LogP contribution in [0.4, 0.5) is 5.69 Å². The maximum Gasteiger partial charge on any atom is 0.260 e. The fourth-order valence-electron chi connectivity index (χ4n) is 8.29. The molecule has 0 aromatic heterocycles. The second-order valence-corrected chi connectivity index (χ2v) is 14.2. The van der Waals surface area contributed by atoms with E-state index in [1.807, 2.05) is 6.08 Å². The average molecular weight is 755 g/mol. The monoisotopic (exact) mass is 753 g/mol. The van der Waals surface area contributed by atoms with Crippen molar-refractivity contribution in [3.8, 4) is 17.2 Å². The van der Waals surface area contributed by atoms with E-state index in [0.29, 0.717) is 38.5 Å². The van der Waals surface area contributed by atoms with Crippen LogP contribution >= 0.6 is 39.1 Å². The summed E-state index contributed by atoms with van der Waals surface area (Å²) < 4.78 is 11.3. The van der Waals surface area contributed by atoms with Gasteiger partial charge in [0.05, 0.1) is 52.6 Å². The van der Waals surface area contributed by atoms with Crippen LogP contribution in [0, 0.1) is 23.7 Å². The summed E-state index contributed by atoms with van der Waals surface area (Å²) in [4.78, 5) is 58.0. The standard InChI is InChI=1S/C35H30BrCl2N3O7/c1-40-31(43)21-10-9-20-22(28(21)33(40)45)15-23-32(44)41(39-26-11-6-18(37)14-25(26)38)34(46)35(23,17-4-7-19(47-2)8-5-17)29(20)16-12-24(36)30(42)27(13-16)48-3/h4-9,11-14,21-23,28-29,39,42H,10,15H2,1-3H3/t21-,22+,23-,28-,29-,35+/m0/s1. The Morgan fingerprint density at radius 2 is 1.67 bits per heavy atom. The Bertz CT molecular complexity index is 1940. The number of ether oxygens (including phenoxy) is 2. The first kappa shape index (κ1) is 32.5. The number of halogens is 3. The first-order chi connectivity index (χ1) is 22.9. The zero-order valence-electron chi connectivity index (χ0n) is 26.0. The molecular formula is C35H30BrCl2N3O7. The molecule has 13 heteroatoms. The molecule has 248 valence electrons. The third kappa shape index (κ3) is 4.58. The lowest BCUT2D eigenvalue weighted by atomic mass is 9.49. The molecule has 2 N–H and O–H groups in total. The number of carbonyl (C=O) groups is 4. The Morgan fingerprint density at radius 3 is 2.33 bits per heavy atom. The van der Waals surface area contributed by atoms with Crippen molar-refractivity contribution in [3.63, 3.8) is 0 Å². The van der Waals surface area contributed by atoms with Crippen molar-refractivity contribution in [1.29, 1.82) is 0 Å². The lowest BCUT2D eigenvalue weighted by Gasteiger charge is -2.50. The van der Waals surface area contributed by atoms with Crippen LogP contribution in [-0.4, -0.2) is 59.9 Å². The van der Waals surface area contributed by atoms with E-state index >= 15 is 4.79 Å². The van der Waals surface area contributed by atoms with Crippen LogP contribution in [0.25, 0.3) is 0 Å². The van der Waals surface area contributed by atoms with E-state index in [1.54, 1.807) is 48.5 Å². The van der Waals surface area contributed by atoms with Crippen molar-refractivity contribution < 1.29 is 33.8 Å². The fraction of sp³-hybridized carbons (Fsp3) is 0.314. The summed E-state index contributed by atoms with van der Waals surface area (Å²) >= 11 is 16.1. The Kier molecular flexibility index (Phi) is 8.00. The lowest BCUT2D eigenvalue weighted by Crippen LogP contribution is -2.53. The number of carbonyl (C=O) groups excluding carboxylic acids is 4. The molecule has 2 heterocycles. The van der Waals surface area contributed by atoms with E-state index < -0.39 is 46.8 Å². The number of allylic oxidation sites excluding steroid dienone is 2. The molecule has 10 nitrogen and oxygen atoms in total. The van der Waals surface area contributed by atoms with Crippen LogP contribution in [0.15, 0.2) is 70.7 Å². The molecule has 2 saturated heterocycles. The van der Waals surface area contributed by atoms with Gasteiger partial charge in [-0.2, -0.15) is 5.01 Å². The largest absolute Gasteiger partial charge is 0.503 e. The SMILES string of the molecule is COc1ccc([C@@]23C(=O)N(Nc4ccc(Cl)cc4Cl)C(=O)[C@@H]2C[C@@H]2C(=CC[C@@H]4C(=O)N(C)C(=O)[C@@H]42)[C@@H]3c2cc(Br)c(O)c(OC)c2)cc1. The summed E-state index contributed by atoms with van der Waals surface area (Å²) in [6, 6.07) is 15.1. The number of likely N-dealkylation sites (tertiary alicyclic amines) is 1. The van der Waals surface area contributed by atoms with Crippen molar-refractivity contribution in [2.75, 3.05) is 26.7 Å². The first-order valence-corrected chi connectivity index (χ1v) is 16.8. The Hall–Kier alpha value is -4.06. The number of methoxy groups -OCH3 is 2. The van der Waals surface area contributed by atoms with E-state index in [2.05, 4.69) is 21.4 Å². The number of hydrazine groups is 1. The number of amides is 4. The molecule has 0 bridgehead atoms. The van der Waals surface area contributed by atoms with Gasteiger partial charge in [0.15, 0.2) is 11.5 Å². The summed E-state index contributed by atoms with van der Waals surface area (Å²) in [6.45, 7) is 0. The maximum absolute atomic E-state index is 15.3. The molecule has 6 atom stereocenters. The van der Waals surface area contributed by atoms with Gasteiger partial charge in [0.2, 0.25) is 11.8 Å². The molecule has 4 aliphatic rings. The van der Waals surface area contributed by atoms with Crippen LogP contribution in [0.5, 0.6) is 17.2 Å². The number of hydrogen-bond donors (Lipinski definition) is 2. The number of phenolic OH excluding ortho intramolecular Hbond substituents is 1. The predicted octanol–water partition coefficient (Wildman–Crippen LogP) is 6.09. The smallest absolute Gasteiger partial charge is 0.260 e. The molecule has 48 heavy (non-hydrogen) atoms. The van der Waals surface area contributed by atoms with Crippen molar-refractivity contribution in [1.82, 2.24) is 9.91 Å². The van der Waals surface area contributed by atoms with E-state index in [9.17, 15) is 19.5 Å². The number of benzene rings is 3. The van der Waals surface area contributed by atoms with Crippen LogP contribution < -0.4 is 14.9 Å². The minimum atomic E-state index is -1.54. The zero-order valence-corrected chi connectivity index (χ0v) is 29.1. The van der Waals surface area contributed by atoms with Gasteiger partial charge in [-0.15, -0.1) is 0 Å². The Morgan fingerprint density at radius 1 is 0.938 bits per heavy atom. The summed E-state index contributed by atoms with van der Waals surface area (Å²) in [6.07, 6.45) is 2.39. The molecule has 2 aliphatic carbocycles. The molecule has 7 rings (SSSR count). The topological polar surface area (TPSA) is 125 Å². The van der Waals surface area contributed by atoms with Gasteiger partial charge in [0, 0.05) is 18.0 Å². The second kappa shape index (κ2) is 11.8. The lowest BCUT2D eigenvalue weighted by molar-refractivity contribution is -0.140. The van der Waals surface area contributed by atoms with E-state index in [0.717, 1.165) is 10.6 Å². The van der Waals surface area contributed by atoms with Crippen LogP contribution in [0.3, 0.4) is 0 Å². The van der Waals surface area contributed by atoms with Crippen LogP contribution in [0.2, 0.25) is 10.0 Å². The van der Waals surface area contributed by atoms with Gasteiger partial charge in [0.1, 0.15) is 5.75 Å². The van der Waals surface area contributed by atoms with Gasteiger partial charge in [-0.25, -0.2) is 0 Å². The van der Waals surface area contributed by atoms with Gasteiger partial charge in [0.25, 0.3) is 11.8 Å². The molecule has 1 saturated carbocycles. The molecule has 4 amide bonds. The van der Waals surface area contributed by atoms with Crippen molar-refractivity contribution in [2.24, 2.45) is 23.7 Å². The predicted molar refractivity (Wildman–Crippen MR) is 181 cm³/mol. The number of nitrogens with one attached hydrogen (secondary N) is 1. The summed E-state index contributed by atoms with van der Waals surface area (Å²) in [7, 11) is 4.44. The van der Waals surface area contributed by atoms with Crippen molar-refractivity contribution in [3.05, 3.63) is 91.9 Å². The number of fused-ring (bicyclic) bond motifs is 4. The highest BCUT2D eigenvalue weighted by molar-refractivity contribution is 9.10. The second-order valence-electron chi connectivity index (χ2n) is 12.5. The highest BCUT2D eigenvalue weighted by atomic mass is 79.9. The van der Waals surface area contributed by atoms with Gasteiger partial charge in [-0.3, -0.25) is 29.5 Å². The molecule has 0 unspecified atom stereocenters. The number of aromatic hydroxyl groups is 1. The molecule has 2 aliphatic heterocycles. The molecule has 0 radical (unpaired) electrons. The van der Waals surface area contributed by atoms with Gasteiger partial charge in [-0.1, -0.05) is 47.0 Å². The summed E-state index contributed by atoms with van der Waals surface area (Å²) in [5.41, 5.74) is 3.63. The minimum absolute atomic E-state index is 0.131. The van der Waals surface area contributed by atoms with Crippen LogP contribution in [-0.2, 0) is 24.6 Å². The Labute approximate surface area is 294 Å². The summed E-state index contributed by atoms with van der Waals surface area (Å²) in [5, 5.41) is 12.4. The molecule has 3 aromatic carbocycles. The number of phenols is 1. The number of hydrogen-bond acceptors (Lipinski definition) is 8. The summed E-state index contributed by atoms with van der Waals surface area (Å²) in [5.74, 6) is -4.61. The average Bonchev–Trinajstić information content (AvgIpc) is 3.43. The molecule has 3 fully saturated rings. The third-order valence-electron chi connectivity index (χ3n) is 10.4. The number of rotatable bonds is 6. The van der Waals surface area contributed by atoms with E-state index in [-0.39, 0.29) is 34.8 Å². The van der Waals surface area contributed by atoms with Crippen molar-refractivity contribution in [2.45, 2.75) is 24.2 Å². The first-order valence-electron chi connectivity index (χ1n) is 15.3. The zero-order chi connectivity index (χ0) is 34.2. The van der Waals surface area contributed by atoms with Gasteiger partial charge >= 0.3 is 0 Å². The normalized spacial score (nSPS) is 27.8. The number of imide groups is 2. The molecular weight excluding hydrogens is 725 g/mol. The third-order valence-corrected chi connectivity index (χ3v) is 11.6.